The second kappa shape index (κ2) is 5.14. The molecule has 0 bridgehead atoms. The first-order valence-corrected chi connectivity index (χ1v) is 8.20. The van der Waals surface area contributed by atoms with E-state index in [1.165, 1.54) is 6.26 Å². The lowest BCUT2D eigenvalue weighted by molar-refractivity contribution is 0.602. The number of hydrogen-bond donors (Lipinski definition) is 0. The number of sulfone groups is 1. The first kappa shape index (κ1) is 13.5. The van der Waals surface area contributed by atoms with E-state index in [2.05, 4.69) is 9.97 Å². The molecule has 1 aromatic carbocycles. The molecule has 0 radical (unpaired) electrons. The fourth-order valence-corrected chi connectivity index (χ4v) is 2.68. The van der Waals surface area contributed by atoms with Crippen molar-refractivity contribution in [3.63, 3.8) is 0 Å². The minimum Gasteiger partial charge on any atom is -0.299 e. The number of aromatic nitrogens is 3. The third-order valence-electron chi connectivity index (χ3n) is 3.08. The Balaban J connectivity index is 2.05. The van der Waals surface area contributed by atoms with E-state index in [-0.39, 0.29) is 0 Å². The predicted molar refractivity (Wildman–Crippen MR) is 79.9 cm³/mol. The molecular formula is C15H13N3O2S. The lowest BCUT2D eigenvalue weighted by Gasteiger charge is -2.08. The second-order valence-electron chi connectivity index (χ2n) is 4.60. The van der Waals surface area contributed by atoms with Crippen LogP contribution in [0.5, 0.6) is 0 Å². The second-order valence-corrected chi connectivity index (χ2v) is 6.62. The standard InChI is InChI=1S/C15H13N3O2S/c1-21(19,20)13-7-5-12(6-8-13)18-11-10-17-15(18)14-4-2-3-9-16-14/h2-11H,1H3. The summed E-state index contributed by atoms with van der Waals surface area (Å²) in [4.78, 5) is 8.90. The topological polar surface area (TPSA) is 64.8 Å². The Kier molecular flexibility index (Phi) is 3.31. The van der Waals surface area contributed by atoms with Crippen LogP contribution in [0.15, 0.2) is 66.0 Å². The molecule has 2 aromatic heterocycles. The summed E-state index contributed by atoms with van der Waals surface area (Å²) in [6.07, 6.45) is 6.41. The van der Waals surface area contributed by atoms with Crippen LogP contribution in [0, 0.1) is 0 Å². The van der Waals surface area contributed by atoms with Gasteiger partial charge in [-0.25, -0.2) is 13.4 Å². The first-order chi connectivity index (χ1) is 10.1. The van der Waals surface area contributed by atoms with Crippen molar-refractivity contribution in [2.75, 3.05) is 6.26 Å². The van der Waals surface area contributed by atoms with E-state index in [1.807, 2.05) is 29.0 Å². The van der Waals surface area contributed by atoms with E-state index in [1.54, 1.807) is 36.7 Å². The van der Waals surface area contributed by atoms with Crippen LogP contribution in [0.4, 0.5) is 0 Å². The summed E-state index contributed by atoms with van der Waals surface area (Å²) in [5.41, 5.74) is 1.59. The lowest BCUT2D eigenvalue weighted by Crippen LogP contribution is -2.00. The Morgan fingerprint density at radius 1 is 0.952 bits per heavy atom. The Morgan fingerprint density at radius 3 is 2.33 bits per heavy atom. The van der Waals surface area contributed by atoms with Crippen LogP contribution in [-0.4, -0.2) is 29.2 Å². The highest BCUT2D eigenvalue weighted by molar-refractivity contribution is 7.90. The van der Waals surface area contributed by atoms with Crippen molar-refractivity contribution in [3.8, 4) is 17.2 Å². The summed E-state index contributed by atoms with van der Waals surface area (Å²) in [7, 11) is -3.19. The van der Waals surface area contributed by atoms with Gasteiger partial charge in [0.25, 0.3) is 0 Å². The summed E-state index contributed by atoms with van der Waals surface area (Å²) in [6.45, 7) is 0. The van der Waals surface area contributed by atoms with Crippen LogP contribution < -0.4 is 0 Å². The molecule has 5 nitrogen and oxygen atoms in total. The zero-order valence-electron chi connectivity index (χ0n) is 11.3. The molecule has 0 amide bonds. The van der Waals surface area contributed by atoms with Crippen molar-refractivity contribution in [3.05, 3.63) is 61.1 Å². The molecule has 6 heteroatoms. The largest absolute Gasteiger partial charge is 0.299 e. The minimum absolute atomic E-state index is 0.297. The van der Waals surface area contributed by atoms with Gasteiger partial charge in [-0.2, -0.15) is 0 Å². The number of nitrogens with zero attached hydrogens (tertiary/aromatic N) is 3. The molecule has 0 aliphatic rings. The van der Waals surface area contributed by atoms with Crippen molar-refractivity contribution >= 4 is 9.84 Å². The Morgan fingerprint density at radius 2 is 1.71 bits per heavy atom. The first-order valence-electron chi connectivity index (χ1n) is 6.31. The van der Waals surface area contributed by atoms with Gasteiger partial charge in [0.2, 0.25) is 0 Å². The molecular weight excluding hydrogens is 286 g/mol. The Labute approximate surface area is 122 Å². The molecule has 3 aromatic rings. The summed E-state index contributed by atoms with van der Waals surface area (Å²) in [5, 5.41) is 0. The van der Waals surface area contributed by atoms with Gasteiger partial charge in [0.1, 0.15) is 5.69 Å². The van der Waals surface area contributed by atoms with E-state index >= 15 is 0 Å². The smallest absolute Gasteiger partial charge is 0.175 e. The molecule has 3 rings (SSSR count). The van der Waals surface area contributed by atoms with Crippen molar-refractivity contribution in [1.29, 1.82) is 0 Å². The molecule has 0 fully saturated rings. The quantitative estimate of drug-likeness (QED) is 0.744. The van der Waals surface area contributed by atoms with Gasteiger partial charge in [0.15, 0.2) is 15.7 Å². The van der Waals surface area contributed by atoms with Crippen LogP contribution >= 0.6 is 0 Å². The minimum atomic E-state index is -3.19. The molecule has 0 saturated heterocycles. The van der Waals surface area contributed by atoms with Crippen molar-refractivity contribution < 1.29 is 8.42 Å². The molecule has 106 valence electrons. The molecule has 0 aliphatic carbocycles. The summed E-state index contributed by atoms with van der Waals surface area (Å²) >= 11 is 0. The van der Waals surface area contributed by atoms with Crippen LogP contribution in [0.25, 0.3) is 17.2 Å². The number of hydrogen-bond acceptors (Lipinski definition) is 4. The third kappa shape index (κ3) is 2.71. The molecule has 0 N–H and O–H groups in total. The van der Waals surface area contributed by atoms with E-state index < -0.39 is 9.84 Å². The maximum absolute atomic E-state index is 11.5. The normalized spacial score (nSPS) is 11.5. The lowest BCUT2D eigenvalue weighted by atomic mass is 10.3. The predicted octanol–water partition coefficient (Wildman–Crippen LogP) is 2.34. The number of rotatable bonds is 3. The van der Waals surface area contributed by atoms with Crippen molar-refractivity contribution in [2.45, 2.75) is 4.90 Å². The highest BCUT2D eigenvalue weighted by Crippen LogP contribution is 2.20. The number of benzene rings is 1. The molecule has 0 aliphatic heterocycles. The highest BCUT2D eigenvalue weighted by Gasteiger charge is 2.10. The third-order valence-corrected chi connectivity index (χ3v) is 4.21. The van der Waals surface area contributed by atoms with E-state index in [4.69, 9.17) is 0 Å². The van der Waals surface area contributed by atoms with Crippen LogP contribution in [0.2, 0.25) is 0 Å². The van der Waals surface area contributed by atoms with E-state index in [0.29, 0.717) is 10.7 Å². The van der Waals surface area contributed by atoms with Crippen LogP contribution in [0.1, 0.15) is 0 Å². The van der Waals surface area contributed by atoms with Crippen molar-refractivity contribution in [1.82, 2.24) is 14.5 Å². The van der Waals surface area contributed by atoms with Gasteiger partial charge in [0, 0.05) is 30.5 Å². The number of imidazole rings is 1. The maximum atomic E-state index is 11.5. The fourth-order valence-electron chi connectivity index (χ4n) is 2.05. The monoisotopic (exact) mass is 299 g/mol. The maximum Gasteiger partial charge on any atom is 0.175 e. The van der Waals surface area contributed by atoms with Gasteiger partial charge in [-0.05, 0) is 36.4 Å². The van der Waals surface area contributed by atoms with E-state index in [9.17, 15) is 8.42 Å². The molecule has 2 heterocycles. The van der Waals surface area contributed by atoms with Gasteiger partial charge >= 0.3 is 0 Å². The van der Waals surface area contributed by atoms with Crippen molar-refractivity contribution in [2.24, 2.45) is 0 Å². The fraction of sp³-hybridized carbons (Fsp3) is 0.0667. The average Bonchev–Trinajstić information content (AvgIpc) is 2.97. The molecule has 0 saturated carbocycles. The van der Waals surface area contributed by atoms with Gasteiger partial charge in [0.05, 0.1) is 4.90 Å². The van der Waals surface area contributed by atoms with Gasteiger partial charge in [-0.1, -0.05) is 6.07 Å². The van der Waals surface area contributed by atoms with Crippen LogP contribution in [-0.2, 0) is 9.84 Å². The summed E-state index contributed by atoms with van der Waals surface area (Å²) < 4.78 is 24.8. The summed E-state index contributed by atoms with van der Waals surface area (Å²) in [6, 6.07) is 12.3. The molecule has 0 spiro atoms. The molecule has 0 atom stereocenters. The zero-order chi connectivity index (χ0) is 14.9. The molecule has 21 heavy (non-hydrogen) atoms. The average molecular weight is 299 g/mol. The van der Waals surface area contributed by atoms with Gasteiger partial charge in [-0.3, -0.25) is 9.55 Å². The van der Waals surface area contributed by atoms with Gasteiger partial charge < -0.3 is 0 Å². The molecule has 0 unspecified atom stereocenters. The van der Waals surface area contributed by atoms with E-state index in [0.717, 1.165) is 11.4 Å². The zero-order valence-corrected chi connectivity index (χ0v) is 12.2. The van der Waals surface area contributed by atoms with Crippen LogP contribution in [0.3, 0.4) is 0 Å². The number of pyridine rings is 1. The Bertz CT molecular complexity index is 853. The summed E-state index contributed by atoms with van der Waals surface area (Å²) in [5.74, 6) is 0.711. The Hall–Kier alpha value is -2.47. The highest BCUT2D eigenvalue weighted by atomic mass is 32.2. The SMILES string of the molecule is CS(=O)(=O)c1ccc(-n2ccnc2-c2ccccn2)cc1. The van der Waals surface area contributed by atoms with Gasteiger partial charge in [-0.15, -0.1) is 0 Å².